The van der Waals surface area contributed by atoms with Crippen molar-refractivity contribution in [2.24, 2.45) is 0 Å². The van der Waals surface area contributed by atoms with Crippen LogP contribution in [0.15, 0.2) is 140 Å². The first-order valence-corrected chi connectivity index (χ1v) is 21.4. The smallest absolute Gasteiger partial charge is 0.0540 e. The van der Waals surface area contributed by atoms with E-state index in [9.17, 15) is 0 Å². The lowest BCUT2D eigenvalue weighted by Crippen LogP contribution is -2.19. The van der Waals surface area contributed by atoms with E-state index in [-0.39, 0.29) is 16.2 Å². The molecule has 57 heavy (non-hydrogen) atoms. The number of rotatable bonds is 5. The van der Waals surface area contributed by atoms with Crippen LogP contribution in [-0.4, -0.2) is 0 Å². The van der Waals surface area contributed by atoms with Gasteiger partial charge in [0, 0.05) is 53.5 Å². The molecule has 7 aromatic carbocycles. The lowest BCUT2D eigenvalue weighted by atomic mass is 9.79. The Morgan fingerprint density at radius 3 is 1.63 bits per heavy atom. The Balaban J connectivity index is 1.21. The molecule has 0 aliphatic heterocycles. The monoisotopic (exact) mass is 757 g/mol. The van der Waals surface area contributed by atoms with Crippen molar-refractivity contribution < 1.29 is 0 Å². The SMILES string of the molecule is CC(C)c1cccc2c1sc1c(-c3ccccc3N(c3ccc4c(c3)C(C)(C)c3ccccc3-4)c3ccc4c(c3)C(C)(C)c3cc(C(C)(C)C)ccc3-4)cccc12. The Morgan fingerprint density at radius 2 is 0.982 bits per heavy atom. The van der Waals surface area contributed by atoms with Crippen LogP contribution in [0.1, 0.15) is 102 Å². The summed E-state index contributed by atoms with van der Waals surface area (Å²) in [5.74, 6) is 0.457. The first-order valence-electron chi connectivity index (χ1n) is 20.6. The van der Waals surface area contributed by atoms with Gasteiger partial charge in [-0.2, -0.15) is 0 Å². The second kappa shape index (κ2) is 12.5. The second-order valence-corrected chi connectivity index (χ2v) is 19.8. The van der Waals surface area contributed by atoms with Gasteiger partial charge >= 0.3 is 0 Å². The molecular formula is C55H51NS. The van der Waals surface area contributed by atoms with Gasteiger partial charge in [0.25, 0.3) is 0 Å². The van der Waals surface area contributed by atoms with Crippen LogP contribution >= 0.6 is 11.3 Å². The summed E-state index contributed by atoms with van der Waals surface area (Å²) >= 11 is 1.95. The van der Waals surface area contributed by atoms with E-state index in [1.165, 1.54) is 104 Å². The molecule has 0 saturated carbocycles. The van der Waals surface area contributed by atoms with Crippen LogP contribution in [-0.2, 0) is 16.2 Å². The summed E-state index contributed by atoms with van der Waals surface area (Å²) in [7, 11) is 0. The molecule has 2 heteroatoms. The van der Waals surface area contributed by atoms with Gasteiger partial charge in [-0.3, -0.25) is 0 Å². The Labute approximate surface area is 342 Å². The minimum atomic E-state index is -0.147. The van der Waals surface area contributed by atoms with E-state index in [4.69, 9.17) is 0 Å². The molecule has 2 aliphatic rings. The van der Waals surface area contributed by atoms with Crippen molar-refractivity contribution in [1.29, 1.82) is 0 Å². The molecule has 0 unspecified atom stereocenters. The first-order chi connectivity index (χ1) is 27.2. The summed E-state index contributed by atoms with van der Waals surface area (Å²) in [6.07, 6.45) is 0. The third kappa shape index (κ3) is 5.33. The van der Waals surface area contributed by atoms with Gasteiger partial charge in [-0.25, -0.2) is 0 Å². The van der Waals surface area contributed by atoms with Gasteiger partial charge < -0.3 is 4.90 Å². The zero-order valence-corrected chi connectivity index (χ0v) is 35.5. The molecule has 0 spiro atoms. The van der Waals surface area contributed by atoms with E-state index in [1.807, 2.05) is 11.3 Å². The summed E-state index contributed by atoms with van der Waals surface area (Å²) in [6.45, 7) is 21.2. The highest BCUT2D eigenvalue weighted by Crippen LogP contribution is 2.55. The zero-order valence-electron chi connectivity index (χ0n) is 34.7. The number of anilines is 3. The van der Waals surface area contributed by atoms with E-state index in [2.05, 4.69) is 207 Å². The molecule has 1 aromatic heterocycles. The molecule has 0 atom stereocenters. The maximum atomic E-state index is 2.54. The van der Waals surface area contributed by atoms with E-state index >= 15 is 0 Å². The molecule has 2 aliphatic carbocycles. The molecule has 0 radical (unpaired) electrons. The minimum absolute atomic E-state index is 0.0835. The van der Waals surface area contributed by atoms with Crippen molar-refractivity contribution in [2.45, 2.75) is 84.5 Å². The average Bonchev–Trinajstić information content (AvgIpc) is 3.77. The van der Waals surface area contributed by atoms with Gasteiger partial charge in [-0.05, 0) is 97.3 Å². The molecule has 0 bridgehead atoms. The largest absolute Gasteiger partial charge is 0.310 e. The van der Waals surface area contributed by atoms with E-state index in [0.717, 1.165) is 0 Å². The van der Waals surface area contributed by atoms with Crippen molar-refractivity contribution in [2.75, 3.05) is 4.90 Å². The van der Waals surface area contributed by atoms with Crippen LogP contribution in [0, 0.1) is 0 Å². The third-order valence-electron chi connectivity index (χ3n) is 13.2. The normalized spacial score (nSPS) is 14.8. The van der Waals surface area contributed by atoms with Crippen molar-refractivity contribution in [3.63, 3.8) is 0 Å². The lowest BCUT2D eigenvalue weighted by Gasteiger charge is -2.31. The first kappa shape index (κ1) is 35.9. The summed E-state index contributed by atoms with van der Waals surface area (Å²) in [5, 5.41) is 2.69. The number of para-hydroxylation sites is 1. The molecule has 0 N–H and O–H groups in total. The summed E-state index contributed by atoms with van der Waals surface area (Å²) in [4.78, 5) is 2.54. The zero-order chi connectivity index (χ0) is 39.6. The van der Waals surface area contributed by atoms with Crippen LogP contribution in [0.5, 0.6) is 0 Å². The van der Waals surface area contributed by atoms with Crippen LogP contribution in [0.25, 0.3) is 53.6 Å². The Bertz CT molecular complexity index is 2930. The number of hydrogen-bond acceptors (Lipinski definition) is 2. The van der Waals surface area contributed by atoms with Gasteiger partial charge in [0.1, 0.15) is 0 Å². The number of fused-ring (bicyclic) bond motifs is 9. The molecule has 0 amide bonds. The predicted octanol–water partition coefficient (Wildman–Crippen LogP) is 16.2. The van der Waals surface area contributed by atoms with Gasteiger partial charge in [0.05, 0.1) is 5.69 Å². The molecule has 1 heterocycles. The van der Waals surface area contributed by atoms with Crippen molar-refractivity contribution in [1.82, 2.24) is 0 Å². The third-order valence-corrected chi connectivity index (χ3v) is 14.5. The van der Waals surface area contributed by atoms with Crippen LogP contribution in [0.2, 0.25) is 0 Å². The maximum Gasteiger partial charge on any atom is 0.0540 e. The Kier molecular flexibility index (Phi) is 7.90. The van der Waals surface area contributed by atoms with Crippen LogP contribution in [0.4, 0.5) is 17.1 Å². The van der Waals surface area contributed by atoms with Gasteiger partial charge in [-0.15, -0.1) is 11.3 Å². The number of benzene rings is 7. The molecular weight excluding hydrogens is 707 g/mol. The highest BCUT2D eigenvalue weighted by molar-refractivity contribution is 7.26. The lowest BCUT2D eigenvalue weighted by molar-refractivity contribution is 0.584. The molecule has 0 saturated heterocycles. The molecule has 0 fully saturated rings. The molecule has 8 aromatic rings. The summed E-state index contributed by atoms with van der Waals surface area (Å²) in [5.41, 5.74) is 19.6. The fourth-order valence-electron chi connectivity index (χ4n) is 9.99. The molecule has 1 nitrogen and oxygen atoms in total. The second-order valence-electron chi connectivity index (χ2n) is 18.8. The van der Waals surface area contributed by atoms with Gasteiger partial charge in [0.15, 0.2) is 0 Å². The Morgan fingerprint density at radius 1 is 0.474 bits per heavy atom. The van der Waals surface area contributed by atoms with Crippen molar-refractivity contribution >= 4 is 48.6 Å². The molecule has 282 valence electrons. The summed E-state index contributed by atoms with van der Waals surface area (Å²) in [6, 6.07) is 53.4. The number of hydrogen-bond donors (Lipinski definition) is 0. The van der Waals surface area contributed by atoms with Crippen LogP contribution < -0.4 is 4.90 Å². The quantitative estimate of drug-likeness (QED) is 0.169. The van der Waals surface area contributed by atoms with Gasteiger partial charge in [-0.1, -0.05) is 172 Å². The highest BCUT2D eigenvalue weighted by atomic mass is 32.1. The Hall–Kier alpha value is -5.44. The number of thiophene rings is 1. The van der Waals surface area contributed by atoms with Crippen molar-refractivity contribution in [3.05, 3.63) is 173 Å². The maximum absolute atomic E-state index is 2.54. The van der Waals surface area contributed by atoms with Gasteiger partial charge in [0.2, 0.25) is 0 Å². The minimum Gasteiger partial charge on any atom is -0.310 e. The topological polar surface area (TPSA) is 3.24 Å². The highest BCUT2D eigenvalue weighted by Gasteiger charge is 2.38. The standard InChI is InChI=1S/C55H51NS/c1-33(2)37-18-14-20-44-45-21-15-19-43(52(45)57-51(37)44)42-17-11-13-23-50(42)56(35-25-28-40-38-16-10-12-22-46(38)54(6,7)48(40)31-35)36-26-29-41-39-27-24-34(53(3,4)5)30-47(39)55(8,9)49(41)32-36/h10-33H,1-9H3. The van der Waals surface area contributed by atoms with E-state index < -0.39 is 0 Å². The van der Waals surface area contributed by atoms with E-state index in [0.29, 0.717) is 5.92 Å². The fraction of sp³-hybridized carbons (Fsp3) is 0.236. The van der Waals surface area contributed by atoms with E-state index in [1.54, 1.807) is 0 Å². The predicted molar refractivity (Wildman–Crippen MR) is 247 cm³/mol. The average molecular weight is 758 g/mol. The van der Waals surface area contributed by atoms with Crippen molar-refractivity contribution in [3.8, 4) is 33.4 Å². The molecule has 10 rings (SSSR count). The summed E-state index contributed by atoms with van der Waals surface area (Å²) < 4.78 is 2.75. The van der Waals surface area contributed by atoms with Crippen LogP contribution in [0.3, 0.4) is 0 Å². The fourth-order valence-corrected chi connectivity index (χ4v) is 11.5. The number of nitrogens with zero attached hydrogens (tertiary/aromatic N) is 1.